The van der Waals surface area contributed by atoms with Crippen LogP contribution >= 0.6 is 12.2 Å². The number of hydrogen-bond acceptors (Lipinski definition) is 3. The maximum atomic E-state index is 14.0. The maximum absolute atomic E-state index is 14.0. The smallest absolute Gasteiger partial charge is 0.220 e. The summed E-state index contributed by atoms with van der Waals surface area (Å²) in [6.07, 6.45) is 2.31. The van der Waals surface area contributed by atoms with Crippen molar-refractivity contribution < 1.29 is 9.18 Å². The molecule has 0 aromatic heterocycles. The zero-order chi connectivity index (χ0) is 15.0. The minimum atomic E-state index is -0.376. The number of nitrogens with zero attached hydrogens (tertiary/aromatic N) is 1. The molecular formula is C15H18FN3OS. The molecule has 2 aliphatic rings. The molecule has 3 N–H and O–H groups in total. The van der Waals surface area contributed by atoms with Gasteiger partial charge in [0.1, 0.15) is 10.8 Å². The quantitative estimate of drug-likeness (QED) is 0.814. The highest BCUT2D eigenvalue weighted by Gasteiger charge is 2.34. The topological polar surface area (TPSA) is 58.4 Å². The van der Waals surface area contributed by atoms with Gasteiger partial charge in [0.05, 0.1) is 5.56 Å². The number of anilines is 1. The van der Waals surface area contributed by atoms with E-state index in [-0.39, 0.29) is 22.8 Å². The molecule has 1 aromatic rings. The molecule has 2 aliphatic heterocycles. The van der Waals surface area contributed by atoms with Gasteiger partial charge in [0, 0.05) is 31.2 Å². The zero-order valence-corrected chi connectivity index (χ0v) is 12.5. The second kappa shape index (κ2) is 5.60. The fourth-order valence-electron chi connectivity index (χ4n) is 3.35. The summed E-state index contributed by atoms with van der Waals surface area (Å²) < 4.78 is 14.0. The molecule has 2 unspecified atom stereocenters. The largest absolute Gasteiger partial charge is 0.389 e. The van der Waals surface area contributed by atoms with Crippen molar-refractivity contribution in [3.8, 4) is 0 Å². The van der Waals surface area contributed by atoms with E-state index in [9.17, 15) is 9.18 Å². The van der Waals surface area contributed by atoms with Gasteiger partial charge in [-0.25, -0.2) is 4.39 Å². The summed E-state index contributed by atoms with van der Waals surface area (Å²) in [6, 6.07) is 5.16. The van der Waals surface area contributed by atoms with Crippen LogP contribution in [0, 0.1) is 11.7 Å². The molecule has 0 radical (unpaired) electrons. The summed E-state index contributed by atoms with van der Waals surface area (Å²) in [7, 11) is 0. The van der Waals surface area contributed by atoms with Crippen LogP contribution in [-0.2, 0) is 4.79 Å². The lowest BCUT2D eigenvalue weighted by Gasteiger charge is -2.42. The van der Waals surface area contributed by atoms with E-state index in [1.807, 2.05) is 6.07 Å². The van der Waals surface area contributed by atoms with Gasteiger partial charge in [-0.2, -0.15) is 0 Å². The van der Waals surface area contributed by atoms with E-state index >= 15 is 0 Å². The monoisotopic (exact) mass is 307 g/mol. The van der Waals surface area contributed by atoms with Crippen LogP contribution in [0.2, 0.25) is 0 Å². The van der Waals surface area contributed by atoms with Gasteiger partial charge in [-0.3, -0.25) is 4.79 Å². The first-order valence-corrected chi connectivity index (χ1v) is 7.59. The van der Waals surface area contributed by atoms with Crippen LogP contribution in [0.15, 0.2) is 18.2 Å². The van der Waals surface area contributed by atoms with E-state index in [1.165, 1.54) is 6.07 Å². The molecule has 0 spiro atoms. The van der Waals surface area contributed by atoms with Crippen molar-refractivity contribution in [3.63, 3.8) is 0 Å². The molecule has 112 valence electrons. The SMILES string of the molecule is NC(=S)c1c(F)cccc1N1CCC2NC(=O)CCC2C1. The molecular weight excluding hydrogens is 289 g/mol. The third-order valence-corrected chi connectivity index (χ3v) is 4.61. The molecule has 6 heteroatoms. The molecule has 2 heterocycles. The first kappa shape index (κ1) is 14.3. The van der Waals surface area contributed by atoms with Crippen LogP contribution in [0.1, 0.15) is 24.8 Å². The van der Waals surface area contributed by atoms with Gasteiger partial charge in [-0.05, 0) is 30.9 Å². The molecule has 3 rings (SSSR count). The highest BCUT2D eigenvalue weighted by molar-refractivity contribution is 7.80. The number of benzene rings is 1. The van der Waals surface area contributed by atoms with Crippen LogP contribution in [-0.4, -0.2) is 30.0 Å². The second-order valence-electron chi connectivity index (χ2n) is 5.71. The molecule has 0 saturated carbocycles. The van der Waals surface area contributed by atoms with E-state index < -0.39 is 0 Å². The number of nitrogens with two attached hydrogens (primary N) is 1. The third-order valence-electron chi connectivity index (χ3n) is 4.40. The Morgan fingerprint density at radius 3 is 3.00 bits per heavy atom. The summed E-state index contributed by atoms with van der Waals surface area (Å²) >= 11 is 4.99. The second-order valence-corrected chi connectivity index (χ2v) is 6.15. The van der Waals surface area contributed by atoms with Crippen LogP contribution < -0.4 is 16.0 Å². The lowest BCUT2D eigenvalue weighted by Crippen LogP contribution is -2.54. The number of halogens is 1. The Hall–Kier alpha value is -1.69. The van der Waals surface area contributed by atoms with Crippen molar-refractivity contribution in [2.45, 2.75) is 25.3 Å². The van der Waals surface area contributed by atoms with Gasteiger partial charge >= 0.3 is 0 Å². The number of nitrogens with one attached hydrogen (secondary N) is 1. The van der Waals surface area contributed by atoms with Crippen LogP contribution in [0.4, 0.5) is 10.1 Å². The molecule has 2 atom stereocenters. The number of fused-ring (bicyclic) bond motifs is 1. The molecule has 0 bridgehead atoms. The maximum Gasteiger partial charge on any atom is 0.220 e. The van der Waals surface area contributed by atoms with E-state index in [2.05, 4.69) is 10.2 Å². The summed E-state index contributed by atoms with van der Waals surface area (Å²) in [6.45, 7) is 1.56. The lowest BCUT2D eigenvalue weighted by atomic mass is 9.85. The molecule has 1 aromatic carbocycles. The minimum Gasteiger partial charge on any atom is -0.389 e. The highest BCUT2D eigenvalue weighted by atomic mass is 32.1. The van der Waals surface area contributed by atoms with Crippen LogP contribution in [0.5, 0.6) is 0 Å². The molecule has 1 amide bonds. The van der Waals surface area contributed by atoms with Crippen molar-refractivity contribution in [3.05, 3.63) is 29.6 Å². The molecule has 4 nitrogen and oxygen atoms in total. The number of amides is 1. The molecule has 2 fully saturated rings. The molecule has 0 aliphatic carbocycles. The summed E-state index contributed by atoms with van der Waals surface area (Å²) in [5, 5.41) is 3.05. The van der Waals surface area contributed by atoms with Crippen molar-refractivity contribution in [1.82, 2.24) is 5.32 Å². The first-order valence-electron chi connectivity index (χ1n) is 7.19. The standard InChI is InChI=1S/C15H18FN3OS/c16-10-2-1-3-12(14(10)15(17)21)19-7-6-11-9(8-19)4-5-13(20)18-11/h1-3,9,11H,4-8H2,(H2,17,21)(H,18,20). The fourth-order valence-corrected chi connectivity index (χ4v) is 3.55. The highest BCUT2D eigenvalue weighted by Crippen LogP contribution is 2.31. The van der Waals surface area contributed by atoms with E-state index in [4.69, 9.17) is 18.0 Å². The summed E-state index contributed by atoms with van der Waals surface area (Å²) in [5.74, 6) is 0.164. The lowest BCUT2D eigenvalue weighted by molar-refractivity contribution is -0.124. The number of carbonyl (C=O) groups excluding carboxylic acids is 1. The van der Waals surface area contributed by atoms with Crippen molar-refractivity contribution >= 4 is 28.8 Å². The van der Waals surface area contributed by atoms with E-state index in [0.29, 0.717) is 17.9 Å². The Kier molecular flexibility index (Phi) is 3.80. The Bertz CT molecular complexity index is 592. The normalized spacial score (nSPS) is 25.2. The molecule has 21 heavy (non-hydrogen) atoms. The first-order chi connectivity index (χ1) is 10.1. The van der Waals surface area contributed by atoms with Crippen molar-refractivity contribution in [2.24, 2.45) is 11.7 Å². The van der Waals surface area contributed by atoms with Crippen LogP contribution in [0.25, 0.3) is 0 Å². The Balaban J connectivity index is 1.85. The molecule has 2 saturated heterocycles. The average molecular weight is 307 g/mol. The predicted molar refractivity (Wildman–Crippen MR) is 83.8 cm³/mol. The van der Waals surface area contributed by atoms with Gasteiger partial charge in [0.25, 0.3) is 0 Å². The number of rotatable bonds is 2. The fraction of sp³-hybridized carbons (Fsp3) is 0.467. The van der Waals surface area contributed by atoms with Crippen molar-refractivity contribution in [1.29, 1.82) is 0 Å². The van der Waals surface area contributed by atoms with Crippen LogP contribution in [0.3, 0.4) is 0 Å². The Morgan fingerprint density at radius 2 is 2.24 bits per heavy atom. The predicted octanol–water partition coefficient (Wildman–Crippen LogP) is 1.56. The van der Waals surface area contributed by atoms with Gasteiger partial charge in [0.2, 0.25) is 5.91 Å². The zero-order valence-electron chi connectivity index (χ0n) is 11.6. The van der Waals surface area contributed by atoms with E-state index in [0.717, 1.165) is 31.6 Å². The van der Waals surface area contributed by atoms with Gasteiger partial charge in [-0.15, -0.1) is 0 Å². The Morgan fingerprint density at radius 1 is 1.43 bits per heavy atom. The Labute approximate surface area is 128 Å². The average Bonchev–Trinajstić information content (AvgIpc) is 2.46. The van der Waals surface area contributed by atoms with Crippen molar-refractivity contribution in [2.75, 3.05) is 18.0 Å². The van der Waals surface area contributed by atoms with Gasteiger partial charge < -0.3 is 16.0 Å². The van der Waals surface area contributed by atoms with E-state index in [1.54, 1.807) is 6.07 Å². The van der Waals surface area contributed by atoms with Gasteiger partial charge in [-0.1, -0.05) is 18.3 Å². The third kappa shape index (κ3) is 2.72. The number of hydrogen-bond donors (Lipinski definition) is 2. The number of piperidine rings is 2. The van der Waals surface area contributed by atoms with Gasteiger partial charge in [0.15, 0.2) is 0 Å². The summed E-state index contributed by atoms with van der Waals surface area (Å²) in [4.78, 5) is 13.7. The summed E-state index contributed by atoms with van der Waals surface area (Å²) in [5.41, 5.74) is 6.77. The minimum absolute atomic E-state index is 0.0853. The number of thiocarbonyl (C=S) groups is 1. The number of carbonyl (C=O) groups is 1.